The molecule has 1 aliphatic carbocycles. The van der Waals surface area contributed by atoms with Gasteiger partial charge in [0.25, 0.3) is 0 Å². The minimum atomic E-state index is -0.810. The number of carbonyl (C=O) groups is 2. The van der Waals surface area contributed by atoms with E-state index in [4.69, 9.17) is 5.10 Å². The molecule has 31 heavy (non-hydrogen) atoms. The van der Waals surface area contributed by atoms with Crippen molar-refractivity contribution in [1.29, 1.82) is 0 Å². The zero-order valence-electron chi connectivity index (χ0n) is 16.3. The topological polar surface area (TPSA) is 89.2 Å². The molecule has 0 saturated heterocycles. The van der Waals surface area contributed by atoms with Crippen molar-refractivity contribution >= 4 is 23.0 Å². The molecule has 1 unspecified atom stereocenters. The Morgan fingerprint density at radius 2 is 1.84 bits per heavy atom. The average molecular weight is 407 g/mol. The quantitative estimate of drug-likeness (QED) is 0.521. The molecule has 0 spiro atoms. The number of anilines is 1. The summed E-state index contributed by atoms with van der Waals surface area (Å²) in [5.41, 5.74) is 4.75. The Bertz CT molecular complexity index is 1350. The minimum absolute atomic E-state index is 0.229. The Morgan fingerprint density at radius 3 is 2.68 bits per heavy atom. The lowest BCUT2D eigenvalue weighted by molar-refractivity contribution is -0.126. The maximum atomic E-state index is 12.5. The first-order valence-electron chi connectivity index (χ1n) is 9.74. The van der Waals surface area contributed by atoms with Crippen LogP contribution in [0.3, 0.4) is 0 Å². The predicted molar refractivity (Wildman–Crippen MR) is 117 cm³/mol. The first-order chi connectivity index (χ1) is 15.2. The SMILES string of the molecule is O=C1C=CC=CC1C(=O)Nc1cccc(-c2ccnc3cc(-c4ccncc4)nn23)c1. The highest BCUT2D eigenvalue weighted by Gasteiger charge is 2.23. The zero-order chi connectivity index (χ0) is 21.2. The summed E-state index contributed by atoms with van der Waals surface area (Å²) in [6.07, 6.45) is 11.5. The monoisotopic (exact) mass is 407 g/mol. The van der Waals surface area contributed by atoms with Crippen LogP contribution in [0, 0.1) is 5.92 Å². The standard InChI is InChI=1S/C24H17N5O2/c30-22-7-2-1-6-19(22)24(31)27-18-5-3-4-17(14-18)21-10-13-26-23-15-20(28-29(21)23)16-8-11-25-12-9-16/h1-15,19H,(H,27,31). The molecule has 0 aliphatic heterocycles. The fourth-order valence-corrected chi connectivity index (χ4v) is 3.49. The molecule has 0 fully saturated rings. The number of hydrogen-bond acceptors (Lipinski definition) is 5. The van der Waals surface area contributed by atoms with E-state index in [1.807, 2.05) is 42.5 Å². The Kier molecular flexibility index (Phi) is 4.68. The van der Waals surface area contributed by atoms with Crippen molar-refractivity contribution in [3.05, 3.63) is 91.4 Å². The van der Waals surface area contributed by atoms with E-state index in [0.29, 0.717) is 11.3 Å². The van der Waals surface area contributed by atoms with E-state index in [1.165, 1.54) is 6.08 Å². The number of hydrogen-bond donors (Lipinski definition) is 1. The van der Waals surface area contributed by atoms with Crippen LogP contribution in [-0.2, 0) is 9.59 Å². The Labute approximate surface area is 177 Å². The summed E-state index contributed by atoms with van der Waals surface area (Å²) in [7, 11) is 0. The van der Waals surface area contributed by atoms with Crippen LogP contribution >= 0.6 is 0 Å². The molecule has 3 heterocycles. The molecule has 4 aromatic rings. The van der Waals surface area contributed by atoms with E-state index < -0.39 is 5.92 Å². The van der Waals surface area contributed by atoms with Crippen molar-refractivity contribution in [3.63, 3.8) is 0 Å². The van der Waals surface area contributed by atoms with Crippen LogP contribution in [0.25, 0.3) is 28.2 Å². The third kappa shape index (κ3) is 3.64. The lowest BCUT2D eigenvalue weighted by atomic mass is 9.98. The normalized spacial score (nSPS) is 15.4. The number of pyridine rings is 1. The molecule has 1 aromatic carbocycles. The van der Waals surface area contributed by atoms with Gasteiger partial charge in [-0.2, -0.15) is 5.10 Å². The minimum Gasteiger partial charge on any atom is -0.325 e. The molecule has 7 nitrogen and oxygen atoms in total. The van der Waals surface area contributed by atoms with Crippen molar-refractivity contribution in [1.82, 2.24) is 19.6 Å². The summed E-state index contributed by atoms with van der Waals surface area (Å²) in [5, 5.41) is 7.55. The number of nitrogens with zero attached hydrogens (tertiary/aromatic N) is 4. The Morgan fingerprint density at radius 1 is 0.968 bits per heavy atom. The highest BCUT2D eigenvalue weighted by Crippen LogP contribution is 2.26. The number of allylic oxidation sites excluding steroid dienone is 3. The van der Waals surface area contributed by atoms with Crippen LogP contribution < -0.4 is 5.32 Å². The summed E-state index contributed by atoms with van der Waals surface area (Å²) >= 11 is 0. The fraction of sp³-hybridized carbons (Fsp3) is 0.0417. The van der Waals surface area contributed by atoms with Crippen LogP contribution in [0.1, 0.15) is 0 Å². The van der Waals surface area contributed by atoms with Gasteiger partial charge in [0.1, 0.15) is 5.92 Å². The lowest BCUT2D eigenvalue weighted by Crippen LogP contribution is -2.28. The second kappa shape index (κ2) is 7.79. The molecule has 1 amide bonds. The van der Waals surface area contributed by atoms with E-state index in [-0.39, 0.29) is 11.7 Å². The smallest absolute Gasteiger partial charge is 0.239 e. The van der Waals surface area contributed by atoms with Gasteiger partial charge in [0.2, 0.25) is 5.91 Å². The predicted octanol–water partition coefficient (Wildman–Crippen LogP) is 3.71. The third-order valence-electron chi connectivity index (χ3n) is 5.02. The summed E-state index contributed by atoms with van der Waals surface area (Å²) in [6.45, 7) is 0. The van der Waals surface area contributed by atoms with Crippen LogP contribution in [0.5, 0.6) is 0 Å². The number of nitrogens with one attached hydrogen (secondary N) is 1. The number of ketones is 1. The van der Waals surface area contributed by atoms with Gasteiger partial charge >= 0.3 is 0 Å². The summed E-state index contributed by atoms with van der Waals surface area (Å²) in [5.74, 6) is -1.40. The van der Waals surface area contributed by atoms with Gasteiger partial charge in [0.05, 0.1) is 11.4 Å². The van der Waals surface area contributed by atoms with Crippen molar-refractivity contribution in [2.75, 3.05) is 5.32 Å². The van der Waals surface area contributed by atoms with Gasteiger partial charge < -0.3 is 5.32 Å². The summed E-state index contributed by atoms with van der Waals surface area (Å²) in [6, 6.07) is 15.0. The van der Waals surface area contributed by atoms with E-state index in [2.05, 4.69) is 15.3 Å². The van der Waals surface area contributed by atoms with Crippen LogP contribution in [0.4, 0.5) is 5.69 Å². The number of amides is 1. The number of carbonyl (C=O) groups excluding carboxylic acids is 2. The molecule has 0 bridgehead atoms. The Balaban J connectivity index is 1.48. The summed E-state index contributed by atoms with van der Waals surface area (Å²) in [4.78, 5) is 33.0. The van der Waals surface area contributed by atoms with Crippen LogP contribution in [-0.4, -0.2) is 31.3 Å². The average Bonchev–Trinajstić information content (AvgIpc) is 3.25. The molecule has 1 aliphatic rings. The van der Waals surface area contributed by atoms with Gasteiger partial charge in [-0.15, -0.1) is 0 Å². The third-order valence-corrected chi connectivity index (χ3v) is 5.02. The molecular formula is C24H17N5O2. The van der Waals surface area contributed by atoms with Crippen molar-refractivity contribution in [2.24, 2.45) is 5.92 Å². The molecule has 3 aromatic heterocycles. The lowest BCUT2D eigenvalue weighted by Gasteiger charge is -2.13. The van der Waals surface area contributed by atoms with Crippen LogP contribution in [0.2, 0.25) is 0 Å². The largest absolute Gasteiger partial charge is 0.325 e. The number of aromatic nitrogens is 4. The van der Waals surface area contributed by atoms with Gasteiger partial charge in [-0.05, 0) is 36.4 Å². The van der Waals surface area contributed by atoms with E-state index in [1.54, 1.807) is 47.4 Å². The van der Waals surface area contributed by atoms with Crippen LogP contribution in [0.15, 0.2) is 91.4 Å². The maximum Gasteiger partial charge on any atom is 0.239 e. The Hall–Kier alpha value is -4.39. The molecule has 5 rings (SSSR count). The number of fused-ring (bicyclic) bond motifs is 1. The zero-order valence-corrected chi connectivity index (χ0v) is 16.3. The van der Waals surface area contributed by atoms with Crippen molar-refractivity contribution in [2.45, 2.75) is 0 Å². The number of rotatable bonds is 4. The van der Waals surface area contributed by atoms with Gasteiger partial charge in [0, 0.05) is 41.5 Å². The van der Waals surface area contributed by atoms with Gasteiger partial charge in [-0.3, -0.25) is 14.6 Å². The highest BCUT2D eigenvalue weighted by atomic mass is 16.2. The molecule has 1 N–H and O–H groups in total. The first kappa shape index (κ1) is 18.6. The maximum absolute atomic E-state index is 12.5. The second-order valence-electron chi connectivity index (χ2n) is 7.06. The molecule has 0 saturated carbocycles. The van der Waals surface area contributed by atoms with Gasteiger partial charge in [0.15, 0.2) is 11.4 Å². The van der Waals surface area contributed by atoms with Gasteiger partial charge in [-0.1, -0.05) is 30.4 Å². The van der Waals surface area contributed by atoms with E-state index >= 15 is 0 Å². The fourth-order valence-electron chi connectivity index (χ4n) is 3.49. The second-order valence-corrected chi connectivity index (χ2v) is 7.06. The highest BCUT2D eigenvalue weighted by molar-refractivity contribution is 6.13. The molecule has 7 heteroatoms. The van der Waals surface area contributed by atoms with E-state index in [0.717, 1.165) is 22.5 Å². The molecule has 0 radical (unpaired) electrons. The van der Waals surface area contributed by atoms with Crippen molar-refractivity contribution in [3.8, 4) is 22.5 Å². The first-order valence-corrected chi connectivity index (χ1v) is 9.74. The molecule has 150 valence electrons. The van der Waals surface area contributed by atoms with E-state index in [9.17, 15) is 9.59 Å². The van der Waals surface area contributed by atoms with Crippen molar-refractivity contribution < 1.29 is 9.59 Å². The molecule has 1 atom stereocenters. The molecular weight excluding hydrogens is 390 g/mol. The summed E-state index contributed by atoms with van der Waals surface area (Å²) < 4.78 is 1.77. The van der Waals surface area contributed by atoms with Gasteiger partial charge in [-0.25, -0.2) is 9.50 Å². The number of benzene rings is 1.